The predicted octanol–water partition coefficient (Wildman–Crippen LogP) is 1.59. The van der Waals surface area contributed by atoms with Crippen molar-refractivity contribution >= 4 is 27.5 Å². The van der Waals surface area contributed by atoms with E-state index in [2.05, 4.69) is 40.3 Å². The number of nitrogens with zero attached hydrogens (tertiary/aromatic N) is 3. The summed E-state index contributed by atoms with van der Waals surface area (Å²) in [4.78, 5) is 21.1. The minimum Gasteiger partial charge on any atom is -0.355 e. The molecule has 2 aromatic rings. The van der Waals surface area contributed by atoms with Crippen molar-refractivity contribution in [2.45, 2.75) is 18.9 Å². The third-order valence-electron chi connectivity index (χ3n) is 4.34. The first-order valence-corrected chi connectivity index (χ1v) is 8.93. The normalized spacial score (nSPS) is 18.8. The van der Waals surface area contributed by atoms with E-state index in [-0.39, 0.29) is 5.91 Å². The number of likely N-dealkylation sites (tertiary alicyclic amines) is 1. The van der Waals surface area contributed by atoms with Crippen molar-refractivity contribution < 1.29 is 4.79 Å². The number of rotatable bonds is 6. The van der Waals surface area contributed by atoms with Crippen LogP contribution in [0.25, 0.3) is 10.2 Å². The van der Waals surface area contributed by atoms with Crippen LogP contribution in [0.4, 0.5) is 0 Å². The van der Waals surface area contributed by atoms with E-state index in [1.807, 2.05) is 18.2 Å². The van der Waals surface area contributed by atoms with Gasteiger partial charge in [-0.15, -0.1) is 11.3 Å². The van der Waals surface area contributed by atoms with Crippen molar-refractivity contribution in [3.8, 4) is 0 Å². The number of carbonyl (C=O) groups is 1. The number of benzene rings is 1. The molecule has 0 radical (unpaired) electrons. The average Bonchev–Trinajstić information content (AvgIpc) is 3.13. The van der Waals surface area contributed by atoms with Crippen LogP contribution in [0.2, 0.25) is 0 Å². The number of para-hydroxylation sites is 1. The molecule has 2 heterocycles. The lowest BCUT2D eigenvalue weighted by atomic mass is 10.2. The minimum absolute atomic E-state index is 0.116. The van der Waals surface area contributed by atoms with Gasteiger partial charge in [-0.3, -0.25) is 9.69 Å². The van der Waals surface area contributed by atoms with Gasteiger partial charge in [0, 0.05) is 32.1 Å². The molecule has 23 heavy (non-hydrogen) atoms. The molecule has 0 bridgehead atoms. The van der Waals surface area contributed by atoms with Gasteiger partial charge in [0.15, 0.2) is 0 Å². The summed E-state index contributed by atoms with van der Waals surface area (Å²) in [6.07, 6.45) is 1.94. The Balaban J connectivity index is 1.41. The van der Waals surface area contributed by atoms with E-state index in [4.69, 9.17) is 0 Å². The SMILES string of the molecule is CN(C)C1CCN(CC(=O)NCCc2nc3ccccc3s2)C1. The van der Waals surface area contributed by atoms with Crippen LogP contribution in [-0.4, -0.2) is 67.0 Å². The lowest BCUT2D eigenvalue weighted by molar-refractivity contribution is -0.122. The monoisotopic (exact) mass is 332 g/mol. The Morgan fingerprint density at radius 1 is 1.43 bits per heavy atom. The molecule has 1 amide bonds. The zero-order chi connectivity index (χ0) is 16.2. The summed E-state index contributed by atoms with van der Waals surface area (Å²) in [5, 5.41) is 4.10. The summed E-state index contributed by atoms with van der Waals surface area (Å²) in [7, 11) is 4.21. The van der Waals surface area contributed by atoms with Crippen LogP contribution in [0, 0.1) is 0 Å². The summed E-state index contributed by atoms with van der Waals surface area (Å²) in [5.74, 6) is 0.116. The Kier molecular flexibility index (Phi) is 5.25. The molecule has 1 aromatic heterocycles. The highest BCUT2D eigenvalue weighted by molar-refractivity contribution is 7.18. The largest absolute Gasteiger partial charge is 0.355 e. The van der Waals surface area contributed by atoms with Crippen molar-refractivity contribution in [3.05, 3.63) is 29.3 Å². The maximum absolute atomic E-state index is 12.1. The molecule has 6 heteroatoms. The van der Waals surface area contributed by atoms with Crippen molar-refractivity contribution in [2.75, 3.05) is 40.3 Å². The molecule has 1 N–H and O–H groups in total. The van der Waals surface area contributed by atoms with Gasteiger partial charge in [-0.1, -0.05) is 12.1 Å². The van der Waals surface area contributed by atoms with Gasteiger partial charge >= 0.3 is 0 Å². The average molecular weight is 332 g/mol. The smallest absolute Gasteiger partial charge is 0.234 e. The summed E-state index contributed by atoms with van der Waals surface area (Å²) in [6, 6.07) is 8.73. The second-order valence-electron chi connectivity index (χ2n) is 6.32. The molecule has 1 unspecified atom stereocenters. The maximum Gasteiger partial charge on any atom is 0.234 e. The minimum atomic E-state index is 0.116. The molecule has 1 saturated heterocycles. The first-order chi connectivity index (χ1) is 11.1. The molecule has 0 aliphatic carbocycles. The number of amides is 1. The van der Waals surface area contributed by atoms with E-state index in [1.165, 1.54) is 4.70 Å². The fourth-order valence-corrected chi connectivity index (χ4v) is 3.94. The van der Waals surface area contributed by atoms with Gasteiger partial charge in [-0.25, -0.2) is 4.98 Å². The number of aromatic nitrogens is 1. The van der Waals surface area contributed by atoms with Gasteiger partial charge in [0.2, 0.25) is 5.91 Å². The molecule has 0 spiro atoms. The standard InChI is InChI=1S/C17H24N4OS/c1-20(2)13-8-10-21(11-13)12-16(22)18-9-7-17-19-14-5-3-4-6-15(14)23-17/h3-6,13H,7-12H2,1-2H3,(H,18,22). The van der Waals surface area contributed by atoms with Crippen LogP contribution in [0.15, 0.2) is 24.3 Å². The maximum atomic E-state index is 12.1. The third-order valence-corrected chi connectivity index (χ3v) is 5.44. The molecule has 5 nitrogen and oxygen atoms in total. The Labute approximate surface area is 141 Å². The van der Waals surface area contributed by atoms with E-state index in [0.29, 0.717) is 19.1 Å². The Morgan fingerprint density at radius 2 is 2.26 bits per heavy atom. The van der Waals surface area contributed by atoms with E-state index in [0.717, 1.165) is 36.5 Å². The fourth-order valence-electron chi connectivity index (χ4n) is 2.97. The molecule has 0 saturated carbocycles. The van der Waals surface area contributed by atoms with Crippen molar-refractivity contribution in [1.82, 2.24) is 20.1 Å². The number of hydrogen-bond donors (Lipinski definition) is 1. The second-order valence-corrected chi connectivity index (χ2v) is 7.43. The van der Waals surface area contributed by atoms with Crippen LogP contribution in [0.1, 0.15) is 11.4 Å². The van der Waals surface area contributed by atoms with Gasteiger partial charge in [0.05, 0.1) is 21.8 Å². The second kappa shape index (κ2) is 7.38. The number of thiazole rings is 1. The topological polar surface area (TPSA) is 48.5 Å². The summed E-state index contributed by atoms with van der Waals surface area (Å²) < 4.78 is 1.21. The lowest BCUT2D eigenvalue weighted by Gasteiger charge is -2.20. The quantitative estimate of drug-likeness (QED) is 0.873. The van der Waals surface area contributed by atoms with Crippen molar-refractivity contribution in [1.29, 1.82) is 0 Å². The van der Waals surface area contributed by atoms with E-state index >= 15 is 0 Å². The van der Waals surface area contributed by atoms with Crippen LogP contribution in [0.5, 0.6) is 0 Å². The van der Waals surface area contributed by atoms with Gasteiger partial charge in [-0.2, -0.15) is 0 Å². The summed E-state index contributed by atoms with van der Waals surface area (Å²) in [6.45, 7) is 3.15. The number of likely N-dealkylation sites (N-methyl/N-ethyl adjacent to an activating group) is 1. The predicted molar refractivity (Wildman–Crippen MR) is 94.9 cm³/mol. The van der Waals surface area contributed by atoms with E-state index in [1.54, 1.807) is 11.3 Å². The van der Waals surface area contributed by atoms with Crippen LogP contribution in [0.3, 0.4) is 0 Å². The van der Waals surface area contributed by atoms with Crippen molar-refractivity contribution in [3.63, 3.8) is 0 Å². The number of carbonyl (C=O) groups excluding carboxylic acids is 1. The first-order valence-electron chi connectivity index (χ1n) is 8.12. The summed E-state index contributed by atoms with van der Waals surface area (Å²) in [5.41, 5.74) is 1.05. The highest BCUT2D eigenvalue weighted by Gasteiger charge is 2.25. The Bertz CT molecular complexity index is 636. The third kappa shape index (κ3) is 4.28. The molecule has 124 valence electrons. The molecular formula is C17H24N4OS. The summed E-state index contributed by atoms with van der Waals surface area (Å²) >= 11 is 1.71. The molecule has 1 fully saturated rings. The Hall–Kier alpha value is -1.50. The van der Waals surface area contributed by atoms with Gasteiger partial charge < -0.3 is 10.2 Å². The highest BCUT2D eigenvalue weighted by Crippen LogP contribution is 2.21. The van der Waals surface area contributed by atoms with Gasteiger partial charge in [0.1, 0.15) is 0 Å². The lowest BCUT2D eigenvalue weighted by Crippen LogP contribution is -2.38. The molecule has 3 rings (SSSR count). The van der Waals surface area contributed by atoms with Crippen molar-refractivity contribution in [2.24, 2.45) is 0 Å². The first kappa shape index (κ1) is 16.4. The molecule has 1 aromatic carbocycles. The number of hydrogen-bond acceptors (Lipinski definition) is 5. The number of fused-ring (bicyclic) bond motifs is 1. The molecule has 1 aliphatic heterocycles. The van der Waals surface area contributed by atoms with Gasteiger partial charge in [0.25, 0.3) is 0 Å². The Morgan fingerprint density at radius 3 is 3.00 bits per heavy atom. The van der Waals surface area contributed by atoms with Crippen LogP contribution in [-0.2, 0) is 11.2 Å². The van der Waals surface area contributed by atoms with Crippen LogP contribution >= 0.6 is 11.3 Å². The molecule has 1 aliphatic rings. The van der Waals surface area contributed by atoms with E-state index in [9.17, 15) is 4.79 Å². The van der Waals surface area contributed by atoms with Gasteiger partial charge in [-0.05, 0) is 32.6 Å². The number of nitrogens with one attached hydrogen (secondary N) is 1. The van der Waals surface area contributed by atoms with Crippen LogP contribution < -0.4 is 5.32 Å². The fraction of sp³-hybridized carbons (Fsp3) is 0.529. The zero-order valence-electron chi connectivity index (χ0n) is 13.8. The molecular weight excluding hydrogens is 308 g/mol. The molecule has 1 atom stereocenters. The van der Waals surface area contributed by atoms with E-state index < -0.39 is 0 Å². The zero-order valence-corrected chi connectivity index (χ0v) is 14.6. The highest BCUT2D eigenvalue weighted by atomic mass is 32.1.